The first-order valence-electron chi connectivity index (χ1n) is 7.55. The first-order valence-corrected chi connectivity index (χ1v) is 7.55. The molecule has 0 heterocycles. The minimum atomic E-state index is 0.0102. The summed E-state index contributed by atoms with van der Waals surface area (Å²) in [6, 6.07) is 0. The lowest BCUT2D eigenvalue weighted by molar-refractivity contribution is -0.156. The van der Waals surface area contributed by atoms with Gasteiger partial charge >= 0.3 is 5.97 Å². The number of rotatable bonds is 4. The van der Waals surface area contributed by atoms with E-state index in [4.69, 9.17) is 4.74 Å². The Hall–Kier alpha value is -0.530. The van der Waals surface area contributed by atoms with E-state index < -0.39 is 0 Å². The summed E-state index contributed by atoms with van der Waals surface area (Å²) in [5, 5.41) is 0. The number of carbonyl (C=O) groups is 1. The van der Waals surface area contributed by atoms with E-state index in [1.807, 2.05) is 6.92 Å². The van der Waals surface area contributed by atoms with E-state index in [2.05, 4.69) is 27.7 Å². The van der Waals surface area contributed by atoms with E-state index in [1.54, 1.807) is 0 Å². The van der Waals surface area contributed by atoms with Crippen LogP contribution in [0.4, 0.5) is 0 Å². The fraction of sp³-hybridized carbons (Fsp3) is 0.938. The van der Waals surface area contributed by atoms with Crippen molar-refractivity contribution in [3.8, 4) is 0 Å². The Kier molecular flexibility index (Phi) is 5.68. The van der Waals surface area contributed by atoms with Gasteiger partial charge in [0.15, 0.2) is 0 Å². The summed E-state index contributed by atoms with van der Waals surface area (Å²) < 4.78 is 5.63. The van der Waals surface area contributed by atoms with Crippen molar-refractivity contribution in [3.05, 3.63) is 0 Å². The second-order valence-electron chi connectivity index (χ2n) is 6.97. The van der Waals surface area contributed by atoms with Gasteiger partial charge in [0, 0.05) is 0 Å². The SMILES string of the molecule is CCCC(C)C(=O)OC1CCC(C(C)(C)C)CC1. The Bertz CT molecular complexity index is 257. The van der Waals surface area contributed by atoms with Crippen molar-refractivity contribution in [2.45, 2.75) is 79.2 Å². The van der Waals surface area contributed by atoms with Crippen LogP contribution < -0.4 is 0 Å². The quantitative estimate of drug-likeness (QED) is 0.687. The third-order valence-corrected chi connectivity index (χ3v) is 4.31. The number of hydrogen-bond donors (Lipinski definition) is 0. The van der Waals surface area contributed by atoms with Crippen molar-refractivity contribution in [2.75, 3.05) is 0 Å². The van der Waals surface area contributed by atoms with E-state index >= 15 is 0 Å². The molecule has 106 valence electrons. The molecule has 0 amide bonds. The normalized spacial score (nSPS) is 26.7. The summed E-state index contributed by atoms with van der Waals surface area (Å²) in [5.41, 5.74) is 0.393. The average Bonchev–Trinajstić information content (AvgIpc) is 2.28. The van der Waals surface area contributed by atoms with Crippen LogP contribution in [0.3, 0.4) is 0 Å². The summed E-state index contributed by atoms with van der Waals surface area (Å²) in [6.45, 7) is 11.0. The maximum absolute atomic E-state index is 11.9. The monoisotopic (exact) mass is 254 g/mol. The first-order chi connectivity index (χ1) is 8.34. The number of carbonyl (C=O) groups excluding carboxylic acids is 1. The molecule has 0 bridgehead atoms. The molecule has 1 atom stereocenters. The zero-order chi connectivity index (χ0) is 13.8. The Balaban J connectivity index is 2.33. The van der Waals surface area contributed by atoms with Crippen molar-refractivity contribution < 1.29 is 9.53 Å². The number of ether oxygens (including phenoxy) is 1. The largest absolute Gasteiger partial charge is 0.462 e. The molecule has 0 saturated heterocycles. The van der Waals surface area contributed by atoms with Gasteiger partial charge in [0.25, 0.3) is 0 Å². The van der Waals surface area contributed by atoms with E-state index in [-0.39, 0.29) is 18.0 Å². The summed E-state index contributed by atoms with van der Waals surface area (Å²) in [4.78, 5) is 11.9. The zero-order valence-corrected chi connectivity index (χ0v) is 12.8. The predicted molar refractivity (Wildman–Crippen MR) is 75.4 cm³/mol. The van der Waals surface area contributed by atoms with Crippen molar-refractivity contribution >= 4 is 5.97 Å². The lowest BCUT2D eigenvalue weighted by atomic mass is 9.72. The van der Waals surface area contributed by atoms with E-state index in [0.717, 1.165) is 31.6 Å². The second-order valence-corrected chi connectivity index (χ2v) is 6.97. The van der Waals surface area contributed by atoms with Crippen molar-refractivity contribution in [2.24, 2.45) is 17.3 Å². The molecule has 0 radical (unpaired) electrons. The van der Waals surface area contributed by atoms with Crippen LogP contribution in [0.1, 0.15) is 73.1 Å². The van der Waals surface area contributed by atoms with Gasteiger partial charge in [-0.15, -0.1) is 0 Å². The molecule has 1 unspecified atom stereocenters. The smallest absolute Gasteiger partial charge is 0.308 e. The highest BCUT2D eigenvalue weighted by atomic mass is 16.5. The van der Waals surface area contributed by atoms with Gasteiger partial charge in [-0.05, 0) is 43.4 Å². The molecule has 1 aliphatic rings. The maximum Gasteiger partial charge on any atom is 0.308 e. The van der Waals surface area contributed by atoms with Crippen LogP contribution in [-0.4, -0.2) is 12.1 Å². The highest BCUT2D eigenvalue weighted by Crippen LogP contribution is 2.38. The fourth-order valence-corrected chi connectivity index (χ4v) is 2.88. The van der Waals surface area contributed by atoms with Gasteiger partial charge in [-0.3, -0.25) is 4.79 Å². The second kappa shape index (κ2) is 6.58. The van der Waals surface area contributed by atoms with E-state index in [0.29, 0.717) is 5.41 Å². The number of esters is 1. The summed E-state index contributed by atoms with van der Waals surface area (Å²) in [7, 11) is 0. The highest BCUT2D eigenvalue weighted by Gasteiger charge is 2.31. The van der Waals surface area contributed by atoms with Gasteiger partial charge < -0.3 is 4.74 Å². The summed E-state index contributed by atoms with van der Waals surface area (Å²) >= 11 is 0. The third-order valence-electron chi connectivity index (χ3n) is 4.31. The van der Waals surface area contributed by atoms with Crippen LogP contribution >= 0.6 is 0 Å². The molecule has 0 aromatic carbocycles. The molecule has 2 heteroatoms. The molecule has 0 aliphatic heterocycles. The Morgan fingerprint density at radius 1 is 1.22 bits per heavy atom. The molecule has 1 fully saturated rings. The van der Waals surface area contributed by atoms with Gasteiger partial charge in [-0.1, -0.05) is 41.0 Å². The highest BCUT2D eigenvalue weighted by molar-refractivity contribution is 5.72. The molecule has 1 saturated carbocycles. The van der Waals surface area contributed by atoms with Crippen LogP contribution in [0.2, 0.25) is 0 Å². The minimum absolute atomic E-state index is 0.0102. The summed E-state index contributed by atoms with van der Waals surface area (Å²) in [5.74, 6) is 0.854. The van der Waals surface area contributed by atoms with Crippen LogP contribution in [0.15, 0.2) is 0 Å². The van der Waals surface area contributed by atoms with Crippen LogP contribution in [0, 0.1) is 17.3 Å². The Morgan fingerprint density at radius 3 is 2.22 bits per heavy atom. The van der Waals surface area contributed by atoms with E-state index in [9.17, 15) is 4.79 Å². The number of hydrogen-bond acceptors (Lipinski definition) is 2. The Labute approximate surface area is 112 Å². The minimum Gasteiger partial charge on any atom is -0.462 e. The molecule has 2 nitrogen and oxygen atoms in total. The van der Waals surface area contributed by atoms with Gasteiger partial charge in [-0.25, -0.2) is 0 Å². The lowest BCUT2D eigenvalue weighted by Gasteiger charge is -2.36. The molecular formula is C16H30O2. The fourth-order valence-electron chi connectivity index (χ4n) is 2.88. The standard InChI is InChI=1S/C16H30O2/c1-6-7-12(2)15(17)18-14-10-8-13(9-11-14)16(3,4)5/h12-14H,6-11H2,1-5H3. The van der Waals surface area contributed by atoms with Crippen LogP contribution in [0.5, 0.6) is 0 Å². The van der Waals surface area contributed by atoms with Gasteiger partial charge in [0.05, 0.1) is 5.92 Å². The van der Waals surface area contributed by atoms with Crippen LogP contribution in [-0.2, 0) is 9.53 Å². The van der Waals surface area contributed by atoms with Gasteiger partial charge in [0.2, 0.25) is 0 Å². The van der Waals surface area contributed by atoms with Crippen molar-refractivity contribution in [3.63, 3.8) is 0 Å². The van der Waals surface area contributed by atoms with Crippen molar-refractivity contribution in [1.82, 2.24) is 0 Å². The van der Waals surface area contributed by atoms with Crippen molar-refractivity contribution in [1.29, 1.82) is 0 Å². The average molecular weight is 254 g/mol. The van der Waals surface area contributed by atoms with Gasteiger partial charge in [0.1, 0.15) is 6.10 Å². The summed E-state index contributed by atoms with van der Waals surface area (Å²) in [6.07, 6.45) is 6.66. The Morgan fingerprint density at radius 2 is 1.78 bits per heavy atom. The molecule has 0 aromatic heterocycles. The molecule has 18 heavy (non-hydrogen) atoms. The van der Waals surface area contributed by atoms with Crippen LogP contribution in [0.25, 0.3) is 0 Å². The topological polar surface area (TPSA) is 26.3 Å². The molecule has 1 rings (SSSR count). The maximum atomic E-state index is 11.9. The molecule has 0 aromatic rings. The predicted octanol–water partition coefficient (Wildman–Crippen LogP) is 4.57. The first kappa shape index (κ1) is 15.5. The molecule has 0 N–H and O–H groups in total. The molecule has 1 aliphatic carbocycles. The lowest BCUT2D eigenvalue weighted by Crippen LogP contribution is -2.31. The third kappa shape index (κ3) is 4.62. The molecule has 0 spiro atoms. The molecular weight excluding hydrogens is 224 g/mol. The zero-order valence-electron chi connectivity index (χ0n) is 12.8. The van der Waals surface area contributed by atoms with Gasteiger partial charge in [-0.2, -0.15) is 0 Å². The van der Waals surface area contributed by atoms with E-state index in [1.165, 1.54) is 12.8 Å².